The summed E-state index contributed by atoms with van der Waals surface area (Å²) in [6, 6.07) is 10.3. The van der Waals surface area contributed by atoms with Gasteiger partial charge in [-0.1, -0.05) is 63.9 Å². The van der Waals surface area contributed by atoms with E-state index in [2.05, 4.69) is 32.9 Å². The van der Waals surface area contributed by atoms with Crippen LogP contribution in [0.5, 0.6) is 0 Å². The summed E-state index contributed by atoms with van der Waals surface area (Å²) < 4.78 is 0. The van der Waals surface area contributed by atoms with E-state index in [9.17, 15) is 5.11 Å². The van der Waals surface area contributed by atoms with Crippen molar-refractivity contribution in [1.29, 1.82) is 0 Å². The molecule has 0 radical (unpaired) electrons. The van der Waals surface area contributed by atoms with E-state index in [4.69, 9.17) is 0 Å². The largest absolute Gasteiger partial charge is 0.392 e. The molecule has 1 nitrogen and oxygen atoms in total. The third-order valence-electron chi connectivity index (χ3n) is 3.33. The quantitative estimate of drug-likeness (QED) is 0.769. The van der Waals surface area contributed by atoms with Gasteiger partial charge in [-0.2, -0.15) is 0 Å². The Balaban J connectivity index is 2.51. The fourth-order valence-electron chi connectivity index (χ4n) is 2.21. The lowest BCUT2D eigenvalue weighted by molar-refractivity contribution is 0.120. The van der Waals surface area contributed by atoms with Gasteiger partial charge in [-0.25, -0.2) is 0 Å². The van der Waals surface area contributed by atoms with Gasteiger partial charge >= 0.3 is 0 Å². The summed E-state index contributed by atoms with van der Waals surface area (Å²) in [5, 5.41) is 10.2. The first-order chi connectivity index (χ1) is 7.65. The first-order valence-corrected chi connectivity index (χ1v) is 6.38. The van der Waals surface area contributed by atoms with E-state index in [-0.39, 0.29) is 12.0 Å². The number of aliphatic hydroxyl groups excluding tert-OH is 1. The third kappa shape index (κ3) is 3.97. The van der Waals surface area contributed by atoms with Crippen LogP contribution in [0.2, 0.25) is 0 Å². The molecule has 3 atom stereocenters. The van der Waals surface area contributed by atoms with Crippen LogP contribution in [0.3, 0.4) is 0 Å². The van der Waals surface area contributed by atoms with Gasteiger partial charge in [0.1, 0.15) is 0 Å². The molecule has 0 bridgehead atoms. The lowest BCUT2D eigenvalue weighted by Crippen LogP contribution is -2.19. The zero-order valence-corrected chi connectivity index (χ0v) is 10.7. The second-order valence-electron chi connectivity index (χ2n) is 4.90. The van der Waals surface area contributed by atoms with Gasteiger partial charge in [0.2, 0.25) is 0 Å². The molecule has 0 fully saturated rings. The van der Waals surface area contributed by atoms with Crippen molar-refractivity contribution in [1.82, 2.24) is 0 Å². The molecule has 0 aliphatic heterocycles. The van der Waals surface area contributed by atoms with Gasteiger partial charge in [0.05, 0.1) is 6.10 Å². The monoisotopic (exact) mass is 220 g/mol. The van der Waals surface area contributed by atoms with Crippen molar-refractivity contribution in [2.24, 2.45) is 5.92 Å². The van der Waals surface area contributed by atoms with Crippen LogP contribution in [0.25, 0.3) is 0 Å². The van der Waals surface area contributed by atoms with E-state index in [0.717, 1.165) is 6.42 Å². The van der Waals surface area contributed by atoms with Crippen LogP contribution in [-0.4, -0.2) is 11.2 Å². The summed E-state index contributed by atoms with van der Waals surface area (Å²) in [6.07, 6.45) is 3.10. The van der Waals surface area contributed by atoms with Gasteiger partial charge in [-0.3, -0.25) is 0 Å². The molecule has 1 aromatic rings. The highest BCUT2D eigenvalue weighted by Crippen LogP contribution is 2.24. The van der Waals surface area contributed by atoms with Crippen molar-refractivity contribution in [2.45, 2.75) is 52.1 Å². The van der Waals surface area contributed by atoms with Gasteiger partial charge in [0, 0.05) is 5.92 Å². The SMILES string of the molecule is CCCC(C)CC(O)C(C)c1ccccc1. The molecule has 0 amide bonds. The number of rotatable bonds is 6. The molecular weight excluding hydrogens is 196 g/mol. The van der Waals surface area contributed by atoms with E-state index in [1.165, 1.54) is 18.4 Å². The van der Waals surface area contributed by atoms with Crippen molar-refractivity contribution >= 4 is 0 Å². The fourth-order valence-corrected chi connectivity index (χ4v) is 2.21. The average molecular weight is 220 g/mol. The lowest BCUT2D eigenvalue weighted by Gasteiger charge is -2.22. The van der Waals surface area contributed by atoms with E-state index in [1.807, 2.05) is 18.2 Å². The summed E-state index contributed by atoms with van der Waals surface area (Å²) in [6.45, 7) is 6.53. The highest BCUT2D eigenvalue weighted by molar-refractivity contribution is 5.19. The Kier molecular flexibility index (Phi) is 5.54. The lowest BCUT2D eigenvalue weighted by atomic mass is 9.88. The molecule has 0 saturated carbocycles. The summed E-state index contributed by atoms with van der Waals surface area (Å²) in [7, 11) is 0. The Morgan fingerprint density at radius 3 is 2.31 bits per heavy atom. The van der Waals surface area contributed by atoms with Gasteiger partial charge in [0.25, 0.3) is 0 Å². The third-order valence-corrected chi connectivity index (χ3v) is 3.33. The average Bonchev–Trinajstić information content (AvgIpc) is 2.29. The van der Waals surface area contributed by atoms with Crippen molar-refractivity contribution in [3.05, 3.63) is 35.9 Å². The molecule has 1 aromatic carbocycles. The van der Waals surface area contributed by atoms with Crippen LogP contribution >= 0.6 is 0 Å². The van der Waals surface area contributed by atoms with Crippen LogP contribution in [0.15, 0.2) is 30.3 Å². The Morgan fingerprint density at radius 1 is 1.12 bits per heavy atom. The summed E-state index contributed by atoms with van der Waals surface area (Å²) in [5.41, 5.74) is 1.23. The van der Waals surface area contributed by atoms with Crippen LogP contribution in [0.4, 0.5) is 0 Å². The first-order valence-electron chi connectivity index (χ1n) is 6.38. The van der Waals surface area contributed by atoms with Crippen molar-refractivity contribution < 1.29 is 5.11 Å². The predicted octanol–water partition coefficient (Wildman–Crippen LogP) is 3.98. The minimum absolute atomic E-state index is 0.219. The summed E-state index contributed by atoms with van der Waals surface area (Å²) in [4.78, 5) is 0. The Labute approximate surface area is 99.5 Å². The molecule has 0 aliphatic carbocycles. The molecular formula is C15H24O. The van der Waals surface area contributed by atoms with Gasteiger partial charge in [-0.15, -0.1) is 0 Å². The predicted molar refractivity (Wildman–Crippen MR) is 69.6 cm³/mol. The van der Waals surface area contributed by atoms with E-state index in [1.54, 1.807) is 0 Å². The summed E-state index contributed by atoms with van der Waals surface area (Å²) in [5.74, 6) is 0.853. The molecule has 16 heavy (non-hydrogen) atoms. The normalized spacial score (nSPS) is 16.8. The number of aliphatic hydroxyl groups is 1. The number of benzene rings is 1. The molecule has 1 N–H and O–H groups in total. The van der Waals surface area contributed by atoms with Gasteiger partial charge in [-0.05, 0) is 17.9 Å². The topological polar surface area (TPSA) is 20.2 Å². The van der Waals surface area contributed by atoms with Gasteiger partial charge < -0.3 is 5.11 Å². The maximum Gasteiger partial charge on any atom is 0.0608 e. The molecule has 90 valence electrons. The van der Waals surface area contributed by atoms with Crippen LogP contribution in [0, 0.1) is 5.92 Å². The molecule has 0 spiro atoms. The van der Waals surface area contributed by atoms with Gasteiger partial charge in [0.15, 0.2) is 0 Å². The standard InChI is InChI=1S/C15H24O/c1-4-8-12(2)11-15(16)13(3)14-9-6-5-7-10-14/h5-7,9-10,12-13,15-16H,4,8,11H2,1-3H3. The van der Waals surface area contributed by atoms with Crippen molar-refractivity contribution in [3.63, 3.8) is 0 Å². The number of hydrogen-bond donors (Lipinski definition) is 1. The van der Waals surface area contributed by atoms with E-state index in [0.29, 0.717) is 5.92 Å². The second-order valence-corrected chi connectivity index (χ2v) is 4.90. The molecule has 3 unspecified atom stereocenters. The molecule has 0 heterocycles. The van der Waals surface area contributed by atoms with Crippen molar-refractivity contribution in [3.8, 4) is 0 Å². The van der Waals surface area contributed by atoms with E-state index >= 15 is 0 Å². The highest BCUT2D eigenvalue weighted by atomic mass is 16.3. The zero-order valence-electron chi connectivity index (χ0n) is 10.7. The summed E-state index contributed by atoms with van der Waals surface area (Å²) >= 11 is 0. The number of hydrogen-bond acceptors (Lipinski definition) is 1. The Morgan fingerprint density at radius 2 is 1.75 bits per heavy atom. The molecule has 0 aromatic heterocycles. The smallest absolute Gasteiger partial charge is 0.0608 e. The minimum Gasteiger partial charge on any atom is -0.392 e. The minimum atomic E-state index is -0.219. The Bertz CT molecular complexity index is 281. The molecule has 1 rings (SSSR count). The molecule has 1 heteroatoms. The Hall–Kier alpha value is -0.820. The fraction of sp³-hybridized carbons (Fsp3) is 0.600. The van der Waals surface area contributed by atoms with Crippen LogP contribution in [0.1, 0.15) is 51.5 Å². The van der Waals surface area contributed by atoms with Crippen LogP contribution < -0.4 is 0 Å². The highest BCUT2D eigenvalue weighted by Gasteiger charge is 2.18. The second kappa shape index (κ2) is 6.70. The molecule has 0 saturated heterocycles. The molecule has 0 aliphatic rings. The van der Waals surface area contributed by atoms with E-state index < -0.39 is 0 Å². The van der Waals surface area contributed by atoms with Crippen molar-refractivity contribution in [2.75, 3.05) is 0 Å². The zero-order chi connectivity index (χ0) is 12.0. The maximum atomic E-state index is 10.2. The van der Waals surface area contributed by atoms with Crippen LogP contribution in [-0.2, 0) is 0 Å². The maximum absolute atomic E-state index is 10.2. The first kappa shape index (κ1) is 13.2.